The molecule has 6 nitrogen and oxygen atoms in total. The number of nitrogens with one attached hydrogen (secondary N) is 1. The number of hydrogen-bond donors (Lipinski definition) is 1. The van der Waals surface area contributed by atoms with Crippen molar-refractivity contribution in [3.8, 4) is 18.0 Å². The van der Waals surface area contributed by atoms with Crippen LogP contribution in [0.15, 0.2) is 53.9 Å². The highest BCUT2D eigenvalue weighted by Gasteiger charge is 2.24. The average Bonchev–Trinajstić information content (AvgIpc) is 3.05. The van der Waals surface area contributed by atoms with Crippen LogP contribution in [0.2, 0.25) is 0 Å². The molecule has 1 aliphatic rings. The molecule has 0 radical (unpaired) electrons. The third-order valence-corrected chi connectivity index (χ3v) is 4.28. The van der Waals surface area contributed by atoms with Gasteiger partial charge >= 0.3 is 0 Å². The van der Waals surface area contributed by atoms with Gasteiger partial charge in [-0.15, -0.1) is 6.42 Å². The summed E-state index contributed by atoms with van der Waals surface area (Å²) < 4.78 is 1.89. The summed E-state index contributed by atoms with van der Waals surface area (Å²) in [7, 11) is 1.58. The maximum atomic E-state index is 12.1. The predicted octanol–water partition coefficient (Wildman–Crippen LogP) is 1.96. The van der Waals surface area contributed by atoms with Gasteiger partial charge in [0.1, 0.15) is 6.33 Å². The summed E-state index contributed by atoms with van der Waals surface area (Å²) in [4.78, 5) is 25.6. The van der Waals surface area contributed by atoms with E-state index in [2.05, 4.69) is 21.2 Å². The number of aliphatic imine (C=N–C) groups is 1. The van der Waals surface area contributed by atoms with Crippen molar-refractivity contribution in [3.05, 3.63) is 77.1 Å². The van der Waals surface area contributed by atoms with Gasteiger partial charge in [0.25, 0.3) is 5.91 Å². The van der Waals surface area contributed by atoms with Gasteiger partial charge in [-0.25, -0.2) is 4.98 Å². The van der Waals surface area contributed by atoms with E-state index in [0.717, 1.165) is 33.9 Å². The SMILES string of the molecule is C#Cc1ccc2c(c1)C(c1ccccn1)=NCc1c(C(=O)NC)ncn1-2. The Hall–Kier alpha value is -3.72. The van der Waals surface area contributed by atoms with Crippen molar-refractivity contribution in [2.45, 2.75) is 6.54 Å². The maximum Gasteiger partial charge on any atom is 0.271 e. The van der Waals surface area contributed by atoms with Crippen LogP contribution in [0.3, 0.4) is 0 Å². The second-order valence-corrected chi connectivity index (χ2v) is 5.75. The molecule has 126 valence electrons. The van der Waals surface area contributed by atoms with Gasteiger partial charge in [-0.1, -0.05) is 12.0 Å². The van der Waals surface area contributed by atoms with E-state index in [9.17, 15) is 4.79 Å². The minimum absolute atomic E-state index is 0.239. The Morgan fingerprint density at radius 2 is 2.15 bits per heavy atom. The Kier molecular flexibility index (Phi) is 3.82. The quantitative estimate of drug-likeness (QED) is 0.724. The van der Waals surface area contributed by atoms with E-state index in [1.165, 1.54) is 0 Å². The Morgan fingerprint density at radius 1 is 1.27 bits per heavy atom. The number of aromatic nitrogens is 3. The molecule has 0 atom stereocenters. The van der Waals surface area contributed by atoms with Crippen LogP contribution in [0.4, 0.5) is 0 Å². The molecule has 3 heterocycles. The van der Waals surface area contributed by atoms with Gasteiger partial charge in [0.15, 0.2) is 5.69 Å². The highest BCUT2D eigenvalue weighted by molar-refractivity contribution is 6.14. The molecule has 1 aromatic carbocycles. The fourth-order valence-electron chi connectivity index (χ4n) is 3.03. The Morgan fingerprint density at radius 3 is 2.88 bits per heavy atom. The molecule has 0 fully saturated rings. The van der Waals surface area contributed by atoms with E-state index in [1.807, 2.05) is 41.0 Å². The minimum Gasteiger partial charge on any atom is -0.354 e. The molecule has 26 heavy (non-hydrogen) atoms. The molecule has 1 amide bonds. The van der Waals surface area contributed by atoms with Crippen LogP contribution in [-0.2, 0) is 6.54 Å². The zero-order chi connectivity index (χ0) is 18.1. The number of nitrogens with zero attached hydrogens (tertiary/aromatic N) is 4. The first-order chi connectivity index (χ1) is 12.7. The van der Waals surface area contributed by atoms with Gasteiger partial charge in [0.05, 0.1) is 29.3 Å². The Labute approximate surface area is 150 Å². The molecule has 1 aliphatic heterocycles. The van der Waals surface area contributed by atoms with Gasteiger partial charge in [0.2, 0.25) is 0 Å². The van der Waals surface area contributed by atoms with Gasteiger partial charge < -0.3 is 5.32 Å². The second-order valence-electron chi connectivity index (χ2n) is 5.75. The number of hydrogen-bond acceptors (Lipinski definition) is 4. The van der Waals surface area contributed by atoms with E-state index in [0.29, 0.717) is 12.2 Å². The largest absolute Gasteiger partial charge is 0.354 e. The summed E-state index contributed by atoms with van der Waals surface area (Å²) >= 11 is 0. The summed E-state index contributed by atoms with van der Waals surface area (Å²) in [5.74, 6) is 2.42. The first kappa shape index (κ1) is 15.8. The lowest BCUT2D eigenvalue weighted by atomic mass is 10.0. The van der Waals surface area contributed by atoms with Crippen LogP contribution < -0.4 is 5.32 Å². The molecule has 0 saturated heterocycles. The van der Waals surface area contributed by atoms with Gasteiger partial charge in [-0.05, 0) is 30.3 Å². The van der Waals surface area contributed by atoms with E-state index in [-0.39, 0.29) is 5.91 Å². The highest BCUT2D eigenvalue weighted by atomic mass is 16.1. The summed E-state index contributed by atoms with van der Waals surface area (Å²) in [6.07, 6.45) is 8.96. The molecule has 3 aromatic rings. The zero-order valence-corrected chi connectivity index (χ0v) is 14.1. The first-order valence-corrected chi connectivity index (χ1v) is 8.08. The number of benzene rings is 1. The fraction of sp³-hybridized carbons (Fsp3) is 0.100. The summed E-state index contributed by atoms with van der Waals surface area (Å²) in [6.45, 7) is 0.314. The van der Waals surface area contributed by atoms with Crippen molar-refractivity contribution < 1.29 is 4.79 Å². The zero-order valence-electron chi connectivity index (χ0n) is 14.1. The van der Waals surface area contributed by atoms with Crippen molar-refractivity contribution >= 4 is 11.6 Å². The number of pyridine rings is 1. The number of fused-ring (bicyclic) bond motifs is 3. The van der Waals surface area contributed by atoms with E-state index < -0.39 is 0 Å². The van der Waals surface area contributed by atoms with E-state index in [1.54, 1.807) is 19.6 Å². The standard InChI is InChI=1S/C20H15N5O/c1-3-13-7-8-16-14(10-13)18(15-6-4-5-9-22-15)23-11-17-19(20(26)21-2)24-12-25(16)17/h1,4-10,12H,11H2,2H3,(H,21,26). The number of carbonyl (C=O) groups is 1. The maximum absolute atomic E-state index is 12.1. The molecular weight excluding hydrogens is 326 g/mol. The van der Waals surface area contributed by atoms with Gasteiger partial charge in [-0.2, -0.15) is 0 Å². The monoisotopic (exact) mass is 341 g/mol. The fourth-order valence-corrected chi connectivity index (χ4v) is 3.03. The van der Waals surface area contributed by atoms with Crippen molar-refractivity contribution in [3.63, 3.8) is 0 Å². The molecule has 1 N–H and O–H groups in total. The number of rotatable bonds is 2. The summed E-state index contributed by atoms with van der Waals surface area (Å²) in [5, 5.41) is 2.62. The lowest BCUT2D eigenvalue weighted by Gasteiger charge is -2.11. The third kappa shape index (κ3) is 2.47. The molecule has 0 aliphatic carbocycles. The van der Waals surface area contributed by atoms with Gasteiger partial charge in [-0.3, -0.25) is 19.3 Å². The Balaban J connectivity index is 1.98. The molecule has 0 unspecified atom stereocenters. The van der Waals surface area contributed by atoms with Crippen LogP contribution in [0.1, 0.15) is 33.0 Å². The van der Waals surface area contributed by atoms with Crippen LogP contribution in [0.25, 0.3) is 5.69 Å². The van der Waals surface area contributed by atoms with Crippen LogP contribution in [0.5, 0.6) is 0 Å². The third-order valence-electron chi connectivity index (χ3n) is 4.28. The van der Waals surface area contributed by atoms with Crippen LogP contribution >= 0.6 is 0 Å². The normalized spacial score (nSPS) is 12.2. The molecular formula is C20H15N5O. The highest BCUT2D eigenvalue weighted by Crippen LogP contribution is 2.27. The van der Waals surface area contributed by atoms with Crippen LogP contribution in [-0.4, -0.2) is 33.2 Å². The number of amides is 1. The number of imidazole rings is 1. The summed E-state index contributed by atoms with van der Waals surface area (Å²) in [5.41, 5.74) is 5.06. The molecule has 0 saturated carbocycles. The number of carbonyl (C=O) groups excluding carboxylic acids is 1. The smallest absolute Gasteiger partial charge is 0.271 e. The average molecular weight is 341 g/mol. The molecule has 6 heteroatoms. The predicted molar refractivity (Wildman–Crippen MR) is 98.5 cm³/mol. The Bertz CT molecular complexity index is 1070. The lowest BCUT2D eigenvalue weighted by Crippen LogP contribution is -2.20. The molecule has 0 spiro atoms. The van der Waals surface area contributed by atoms with Crippen molar-refractivity contribution in [1.82, 2.24) is 19.9 Å². The van der Waals surface area contributed by atoms with Gasteiger partial charge in [0, 0.05) is 24.4 Å². The van der Waals surface area contributed by atoms with Crippen LogP contribution in [0, 0.1) is 12.3 Å². The number of terminal acetylenes is 1. The molecule has 0 bridgehead atoms. The van der Waals surface area contributed by atoms with Crippen molar-refractivity contribution in [1.29, 1.82) is 0 Å². The molecule has 4 rings (SSSR count). The van der Waals surface area contributed by atoms with Crippen molar-refractivity contribution in [2.24, 2.45) is 4.99 Å². The van der Waals surface area contributed by atoms with Crippen molar-refractivity contribution in [2.75, 3.05) is 7.05 Å². The van der Waals surface area contributed by atoms with E-state index in [4.69, 9.17) is 11.4 Å². The lowest BCUT2D eigenvalue weighted by molar-refractivity contribution is 0.0957. The topological polar surface area (TPSA) is 72.2 Å². The summed E-state index contributed by atoms with van der Waals surface area (Å²) in [6, 6.07) is 11.4. The first-order valence-electron chi connectivity index (χ1n) is 8.08. The molecule has 2 aromatic heterocycles. The van der Waals surface area contributed by atoms with E-state index >= 15 is 0 Å². The second kappa shape index (κ2) is 6.30. The minimum atomic E-state index is -0.239.